The molecule has 3 aromatic carbocycles. The summed E-state index contributed by atoms with van der Waals surface area (Å²) in [5.74, 6) is -1.24. The lowest BCUT2D eigenvalue weighted by atomic mass is 10.1. The lowest BCUT2D eigenvalue weighted by Crippen LogP contribution is -2.29. The zero-order valence-corrected chi connectivity index (χ0v) is 16.4. The van der Waals surface area contributed by atoms with Gasteiger partial charge in [0.15, 0.2) is 6.61 Å². The Hall–Kier alpha value is -3.12. The van der Waals surface area contributed by atoms with Gasteiger partial charge in [0.2, 0.25) is 0 Å². The smallest absolute Gasteiger partial charge is 0.324 e. The maximum atomic E-state index is 12.9. The van der Waals surface area contributed by atoms with E-state index < -0.39 is 17.1 Å². The first-order chi connectivity index (χ1) is 14.1. The number of hydrogen-bond acceptors (Lipinski definition) is 4. The number of nitrogens with one attached hydrogen (secondary N) is 1. The Balaban J connectivity index is 1.57. The minimum Gasteiger partial charge on any atom is -0.454 e. The van der Waals surface area contributed by atoms with Crippen LogP contribution in [0.25, 0.3) is 0 Å². The zero-order chi connectivity index (χ0) is 20.5. The van der Waals surface area contributed by atoms with E-state index in [1.807, 2.05) is 60.7 Å². The zero-order valence-electron chi connectivity index (χ0n) is 15.6. The van der Waals surface area contributed by atoms with E-state index in [2.05, 4.69) is 5.32 Å². The quantitative estimate of drug-likeness (QED) is 0.439. The van der Waals surface area contributed by atoms with Gasteiger partial charge in [0.05, 0.1) is 0 Å². The number of amides is 1. The lowest BCUT2D eigenvalue weighted by molar-refractivity contribution is -0.148. The van der Waals surface area contributed by atoms with Crippen molar-refractivity contribution in [2.75, 3.05) is 6.61 Å². The first-order valence-corrected chi connectivity index (χ1v) is 9.94. The highest BCUT2D eigenvalue weighted by Crippen LogP contribution is 2.36. The van der Waals surface area contributed by atoms with E-state index in [1.165, 1.54) is 23.9 Å². The summed E-state index contributed by atoms with van der Waals surface area (Å²) in [6, 6.07) is 24.7. The molecule has 0 aliphatic carbocycles. The van der Waals surface area contributed by atoms with Crippen molar-refractivity contribution in [1.82, 2.24) is 5.32 Å². The van der Waals surface area contributed by atoms with E-state index in [0.29, 0.717) is 0 Å². The molecule has 29 heavy (non-hydrogen) atoms. The summed E-state index contributed by atoms with van der Waals surface area (Å²) in [6.07, 6.45) is 0. The second-order valence-corrected chi connectivity index (χ2v) is 7.41. The monoisotopic (exact) mass is 409 g/mol. The topological polar surface area (TPSA) is 55.4 Å². The molecule has 0 fully saturated rings. The Morgan fingerprint density at radius 2 is 1.52 bits per heavy atom. The molecule has 0 saturated heterocycles. The molecule has 3 aromatic rings. The van der Waals surface area contributed by atoms with Gasteiger partial charge in [-0.15, -0.1) is 11.8 Å². The molecule has 6 heteroatoms. The van der Waals surface area contributed by atoms with Gasteiger partial charge in [-0.1, -0.05) is 60.7 Å². The van der Waals surface area contributed by atoms with Crippen LogP contribution in [-0.2, 0) is 20.9 Å². The van der Waals surface area contributed by atoms with Gasteiger partial charge < -0.3 is 10.1 Å². The van der Waals surface area contributed by atoms with Gasteiger partial charge in [-0.2, -0.15) is 0 Å². The van der Waals surface area contributed by atoms with Crippen molar-refractivity contribution in [3.8, 4) is 0 Å². The van der Waals surface area contributed by atoms with E-state index in [0.717, 1.165) is 16.0 Å². The third-order valence-electron chi connectivity index (χ3n) is 4.06. The van der Waals surface area contributed by atoms with Gasteiger partial charge in [-0.3, -0.25) is 9.59 Å². The fraction of sp³-hybridized carbons (Fsp3) is 0.130. The average Bonchev–Trinajstić information content (AvgIpc) is 2.76. The molecule has 1 N–H and O–H groups in total. The summed E-state index contributed by atoms with van der Waals surface area (Å²) >= 11 is 1.37. The molecule has 148 valence electrons. The van der Waals surface area contributed by atoms with E-state index >= 15 is 0 Å². The number of hydrogen-bond donors (Lipinski definition) is 1. The van der Waals surface area contributed by atoms with Crippen molar-refractivity contribution in [2.24, 2.45) is 0 Å². The Morgan fingerprint density at radius 3 is 2.17 bits per heavy atom. The second-order valence-electron chi connectivity index (χ2n) is 6.23. The van der Waals surface area contributed by atoms with Crippen LogP contribution < -0.4 is 5.32 Å². The van der Waals surface area contributed by atoms with Crippen LogP contribution in [0.3, 0.4) is 0 Å². The fourth-order valence-electron chi connectivity index (χ4n) is 2.58. The largest absolute Gasteiger partial charge is 0.454 e. The Bertz CT molecular complexity index is 933. The SMILES string of the molecule is O=C(COC(=O)[C@@H](Sc1ccccc1)c1ccccc1)NCc1ccc(F)cc1. The maximum absolute atomic E-state index is 12.9. The third kappa shape index (κ3) is 6.47. The van der Waals surface area contributed by atoms with Gasteiger partial charge >= 0.3 is 5.97 Å². The Labute approximate surface area is 173 Å². The fourth-order valence-corrected chi connectivity index (χ4v) is 3.63. The Kier molecular flexibility index (Phi) is 7.41. The molecule has 0 aliphatic rings. The van der Waals surface area contributed by atoms with Crippen LogP contribution in [-0.4, -0.2) is 18.5 Å². The molecular formula is C23H20FNO3S. The van der Waals surface area contributed by atoms with Gasteiger partial charge in [0.25, 0.3) is 5.91 Å². The van der Waals surface area contributed by atoms with E-state index in [-0.39, 0.29) is 19.0 Å². The van der Waals surface area contributed by atoms with Crippen LogP contribution in [0.1, 0.15) is 16.4 Å². The van der Waals surface area contributed by atoms with Crippen molar-refractivity contribution < 1.29 is 18.7 Å². The van der Waals surface area contributed by atoms with Crippen molar-refractivity contribution in [3.63, 3.8) is 0 Å². The molecule has 4 nitrogen and oxygen atoms in total. The molecule has 0 heterocycles. The first-order valence-electron chi connectivity index (χ1n) is 9.06. The number of rotatable bonds is 8. The highest BCUT2D eigenvalue weighted by molar-refractivity contribution is 8.00. The van der Waals surface area contributed by atoms with Crippen LogP contribution in [0.4, 0.5) is 4.39 Å². The van der Waals surface area contributed by atoms with Gasteiger partial charge in [0.1, 0.15) is 11.1 Å². The minimum absolute atomic E-state index is 0.234. The van der Waals surface area contributed by atoms with Gasteiger partial charge in [0, 0.05) is 11.4 Å². The number of halogens is 1. The number of carbonyl (C=O) groups excluding carboxylic acids is 2. The summed E-state index contributed by atoms with van der Waals surface area (Å²) in [5.41, 5.74) is 1.56. The highest BCUT2D eigenvalue weighted by atomic mass is 32.2. The predicted molar refractivity (Wildman–Crippen MR) is 111 cm³/mol. The van der Waals surface area contributed by atoms with Crippen LogP contribution in [0.5, 0.6) is 0 Å². The van der Waals surface area contributed by atoms with Crippen molar-refractivity contribution in [1.29, 1.82) is 0 Å². The molecular weight excluding hydrogens is 389 g/mol. The van der Waals surface area contributed by atoms with Crippen LogP contribution >= 0.6 is 11.8 Å². The number of thioether (sulfide) groups is 1. The Morgan fingerprint density at radius 1 is 0.897 bits per heavy atom. The molecule has 0 radical (unpaired) electrons. The second kappa shape index (κ2) is 10.4. The normalized spacial score (nSPS) is 11.5. The molecule has 0 unspecified atom stereocenters. The summed E-state index contributed by atoms with van der Waals surface area (Å²) in [4.78, 5) is 25.7. The lowest BCUT2D eigenvalue weighted by Gasteiger charge is -2.16. The summed E-state index contributed by atoms with van der Waals surface area (Å²) in [7, 11) is 0. The number of ether oxygens (including phenoxy) is 1. The average molecular weight is 409 g/mol. The maximum Gasteiger partial charge on any atom is 0.324 e. The molecule has 0 aliphatic heterocycles. The molecule has 0 spiro atoms. The molecule has 1 amide bonds. The van der Waals surface area contributed by atoms with Crippen LogP contribution in [0.15, 0.2) is 89.8 Å². The third-order valence-corrected chi connectivity index (χ3v) is 5.31. The minimum atomic E-state index is -0.580. The van der Waals surface area contributed by atoms with E-state index in [9.17, 15) is 14.0 Å². The number of benzene rings is 3. The number of carbonyl (C=O) groups is 2. The van der Waals surface area contributed by atoms with Crippen molar-refractivity contribution in [3.05, 3.63) is 102 Å². The van der Waals surface area contributed by atoms with Gasteiger partial charge in [-0.05, 0) is 35.4 Å². The molecule has 0 bridgehead atoms. The van der Waals surface area contributed by atoms with Crippen molar-refractivity contribution in [2.45, 2.75) is 16.7 Å². The van der Waals surface area contributed by atoms with Crippen LogP contribution in [0, 0.1) is 5.82 Å². The number of esters is 1. The molecule has 1 atom stereocenters. The van der Waals surface area contributed by atoms with Crippen molar-refractivity contribution >= 4 is 23.6 Å². The summed E-state index contributed by atoms with van der Waals surface area (Å²) < 4.78 is 18.2. The molecule has 3 rings (SSSR count). The van der Waals surface area contributed by atoms with Gasteiger partial charge in [-0.25, -0.2) is 4.39 Å². The summed E-state index contributed by atoms with van der Waals surface area (Å²) in [5, 5.41) is 2.08. The van der Waals surface area contributed by atoms with E-state index in [1.54, 1.807) is 12.1 Å². The molecule has 0 saturated carbocycles. The summed E-state index contributed by atoms with van der Waals surface area (Å²) in [6.45, 7) is -0.143. The first kappa shape index (κ1) is 20.6. The van der Waals surface area contributed by atoms with E-state index in [4.69, 9.17) is 4.74 Å². The van der Waals surface area contributed by atoms with Crippen LogP contribution in [0.2, 0.25) is 0 Å². The standard InChI is InChI=1S/C23H20FNO3S/c24-19-13-11-17(12-14-19)15-25-21(26)16-28-23(27)22(18-7-3-1-4-8-18)29-20-9-5-2-6-10-20/h1-14,22H,15-16H2,(H,25,26)/t22-/m0/s1. The molecule has 0 aromatic heterocycles. The highest BCUT2D eigenvalue weighted by Gasteiger charge is 2.24. The predicted octanol–water partition coefficient (Wildman–Crippen LogP) is 4.52.